The number of fused-ring (bicyclic) bond motifs is 20. The smallest absolute Gasteiger partial charge is 0.135 e. The van der Waals surface area contributed by atoms with Crippen LogP contribution in [0.15, 0.2) is 170 Å². The normalized spacial score (nSPS) is 13.6. The van der Waals surface area contributed by atoms with E-state index in [0.717, 1.165) is 0 Å². The predicted octanol–water partition coefficient (Wildman–Crippen LogP) is 11.1. The largest absolute Gasteiger partial charge is 0.182 e. The van der Waals surface area contributed by atoms with Crippen LogP contribution in [0, 0.1) is 0 Å². The van der Waals surface area contributed by atoms with E-state index in [2.05, 4.69) is 170 Å². The molecule has 0 saturated heterocycles. The SMILES string of the molecule is c1ccc2c(c1)-c1ccccc1[Si]1(c3ccccc3-2)c2cc3c(cc2-c2ccccc2-c2cc4sc5ccccc5c4cc21)sc1ccccc13. The summed E-state index contributed by atoms with van der Waals surface area (Å²) < 4.78 is 5.39. The zero-order valence-corrected chi connectivity index (χ0v) is 30.1. The quantitative estimate of drug-likeness (QED) is 0.139. The summed E-state index contributed by atoms with van der Waals surface area (Å²) in [7, 11) is -3.10. The summed E-state index contributed by atoms with van der Waals surface area (Å²) in [6.07, 6.45) is 0. The van der Waals surface area contributed by atoms with Crippen LogP contribution in [0.3, 0.4) is 0 Å². The summed E-state index contributed by atoms with van der Waals surface area (Å²) >= 11 is 3.84. The molecule has 1 spiro atoms. The molecule has 0 aliphatic carbocycles. The predicted molar refractivity (Wildman–Crippen MR) is 225 cm³/mol. The van der Waals surface area contributed by atoms with Gasteiger partial charge in [0.15, 0.2) is 8.07 Å². The van der Waals surface area contributed by atoms with Gasteiger partial charge in [0, 0.05) is 40.3 Å². The van der Waals surface area contributed by atoms with Crippen LogP contribution in [0.1, 0.15) is 0 Å². The highest BCUT2D eigenvalue weighted by Gasteiger charge is 2.50. The molecule has 2 aliphatic heterocycles. The van der Waals surface area contributed by atoms with Crippen molar-refractivity contribution in [2.75, 3.05) is 0 Å². The summed E-state index contributed by atoms with van der Waals surface area (Å²) in [5, 5.41) is 11.3. The molecular formula is C48H28S2Si. The van der Waals surface area contributed by atoms with Crippen molar-refractivity contribution < 1.29 is 0 Å². The van der Waals surface area contributed by atoms with E-state index in [1.165, 1.54) is 106 Å². The van der Waals surface area contributed by atoms with E-state index in [1.54, 1.807) is 0 Å². The second-order valence-corrected chi connectivity index (χ2v) is 19.7. The zero-order valence-electron chi connectivity index (χ0n) is 27.5. The van der Waals surface area contributed by atoms with Gasteiger partial charge in [-0.15, -0.1) is 22.7 Å². The van der Waals surface area contributed by atoms with Crippen LogP contribution in [0.5, 0.6) is 0 Å². The Morgan fingerprint density at radius 2 is 0.608 bits per heavy atom. The molecule has 12 rings (SSSR count). The van der Waals surface area contributed by atoms with Crippen molar-refractivity contribution in [1.82, 2.24) is 0 Å². The molecule has 0 unspecified atom stereocenters. The van der Waals surface area contributed by atoms with Gasteiger partial charge in [0.25, 0.3) is 0 Å². The Labute approximate surface area is 304 Å². The summed E-state index contributed by atoms with van der Waals surface area (Å²) in [6, 6.07) is 65.5. The van der Waals surface area contributed by atoms with Gasteiger partial charge in [0.1, 0.15) is 0 Å². The van der Waals surface area contributed by atoms with Crippen LogP contribution < -0.4 is 20.7 Å². The molecule has 2 aliphatic rings. The molecule has 10 aromatic rings. The van der Waals surface area contributed by atoms with Crippen LogP contribution in [-0.4, -0.2) is 8.07 Å². The van der Waals surface area contributed by atoms with Gasteiger partial charge in [-0.3, -0.25) is 0 Å². The molecule has 4 heterocycles. The van der Waals surface area contributed by atoms with Crippen molar-refractivity contribution in [3.63, 3.8) is 0 Å². The van der Waals surface area contributed by atoms with E-state index in [-0.39, 0.29) is 0 Å². The van der Waals surface area contributed by atoms with Crippen LogP contribution in [-0.2, 0) is 0 Å². The molecule has 51 heavy (non-hydrogen) atoms. The number of hydrogen-bond acceptors (Lipinski definition) is 2. The van der Waals surface area contributed by atoms with Gasteiger partial charge >= 0.3 is 0 Å². The maximum absolute atomic E-state index is 3.10. The Bertz CT molecular complexity index is 2900. The Kier molecular flexibility index (Phi) is 5.65. The van der Waals surface area contributed by atoms with Crippen molar-refractivity contribution in [2.24, 2.45) is 0 Å². The summed E-state index contributed by atoms with van der Waals surface area (Å²) in [6.45, 7) is 0. The van der Waals surface area contributed by atoms with Gasteiger partial charge in [-0.25, -0.2) is 0 Å². The van der Waals surface area contributed by atoms with E-state index in [9.17, 15) is 0 Å². The minimum Gasteiger partial charge on any atom is -0.135 e. The van der Waals surface area contributed by atoms with Gasteiger partial charge in [-0.2, -0.15) is 0 Å². The third kappa shape index (κ3) is 3.63. The number of hydrogen-bond donors (Lipinski definition) is 0. The maximum Gasteiger partial charge on any atom is 0.182 e. The first kappa shape index (κ1) is 28.2. The van der Waals surface area contributed by atoms with Gasteiger partial charge in [-0.05, 0) is 89.5 Å². The molecule has 0 bridgehead atoms. The fourth-order valence-corrected chi connectivity index (χ4v) is 17.4. The first-order chi connectivity index (χ1) is 25.3. The highest BCUT2D eigenvalue weighted by atomic mass is 32.1. The van der Waals surface area contributed by atoms with E-state index < -0.39 is 8.07 Å². The van der Waals surface area contributed by atoms with Crippen molar-refractivity contribution >= 4 is 91.8 Å². The molecule has 0 radical (unpaired) electrons. The van der Waals surface area contributed by atoms with E-state index >= 15 is 0 Å². The average molecular weight is 697 g/mol. The van der Waals surface area contributed by atoms with Crippen LogP contribution in [0.4, 0.5) is 0 Å². The van der Waals surface area contributed by atoms with E-state index in [0.29, 0.717) is 0 Å². The second-order valence-electron chi connectivity index (χ2n) is 13.9. The number of thiophene rings is 2. The third-order valence-corrected chi connectivity index (χ3v) is 18.7. The lowest BCUT2D eigenvalue weighted by molar-refractivity contribution is 1.62. The highest BCUT2D eigenvalue weighted by molar-refractivity contribution is 7.27. The fraction of sp³-hybridized carbons (Fsp3) is 0. The maximum atomic E-state index is 2.64. The van der Waals surface area contributed by atoms with Gasteiger partial charge in [-0.1, -0.05) is 146 Å². The lowest BCUT2D eigenvalue weighted by Gasteiger charge is -2.37. The standard InChI is InChI=1S/C48H28S2Si/c1-2-14-30-29(13-1)35-19-7-11-23-45(35)51(46-24-12-8-20-36(30)46)47-27-37-33-17-5-9-21-41(33)49-43(37)25-39(47)31-15-3-4-16-32(31)40-26-44-38(28-48(40)51)34-18-6-10-22-42(34)50-44/h1-28H. The molecule has 0 fully saturated rings. The molecule has 2 aromatic heterocycles. The van der Waals surface area contributed by atoms with E-state index in [1.807, 2.05) is 22.7 Å². The average Bonchev–Trinajstić information content (AvgIpc) is 3.69. The Morgan fingerprint density at radius 3 is 1.06 bits per heavy atom. The van der Waals surface area contributed by atoms with Crippen molar-refractivity contribution in [1.29, 1.82) is 0 Å². The van der Waals surface area contributed by atoms with Crippen molar-refractivity contribution in [3.05, 3.63) is 170 Å². The van der Waals surface area contributed by atoms with Gasteiger partial charge in [0.2, 0.25) is 0 Å². The lowest BCUT2D eigenvalue weighted by atomic mass is 9.93. The monoisotopic (exact) mass is 696 g/mol. The first-order valence-corrected chi connectivity index (χ1v) is 21.2. The Hall–Kier alpha value is -5.58. The molecule has 0 saturated carbocycles. The molecule has 0 atom stereocenters. The van der Waals surface area contributed by atoms with Crippen LogP contribution >= 0.6 is 22.7 Å². The highest BCUT2D eigenvalue weighted by Crippen LogP contribution is 2.45. The van der Waals surface area contributed by atoms with Gasteiger partial charge in [0.05, 0.1) is 0 Å². The molecule has 0 N–H and O–H groups in total. The Morgan fingerprint density at radius 1 is 0.255 bits per heavy atom. The number of benzene rings is 8. The molecule has 8 aromatic carbocycles. The summed E-state index contributed by atoms with van der Waals surface area (Å²) in [5.74, 6) is 0. The van der Waals surface area contributed by atoms with E-state index in [4.69, 9.17) is 0 Å². The third-order valence-electron chi connectivity index (χ3n) is 11.5. The fourth-order valence-electron chi connectivity index (χ4n) is 9.48. The molecule has 3 heteroatoms. The lowest BCUT2D eigenvalue weighted by Crippen LogP contribution is -2.75. The van der Waals surface area contributed by atoms with Crippen LogP contribution in [0.25, 0.3) is 84.9 Å². The Balaban J connectivity index is 1.39. The zero-order chi connectivity index (χ0) is 33.3. The van der Waals surface area contributed by atoms with Gasteiger partial charge < -0.3 is 0 Å². The minimum absolute atomic E-state index is 1.32. The van der Waals surface area contributed by atoms with Crippen molar-refractivity contribution in [3.8, 4) is 44.5 Å². The molecule has 0 amide bonds. The summed E-state index contributed by atoms with van der Waals surface area (Å²) in [4.78, 5) is 0. The van der Waals surface area contributed by atoms with Crippen molar-refractivity contribution in [2.45, 2.75) is 0 Å². The summed E-state index contributed by atoms with van der Waals surface area (Å²) in [5.41, 5.74) is 10.7. The molecule has 0 nitrogen and oxygen atoms in total. The minimum atomic E-state index is -3.10. The topological polar surface area (TPSA) is 0 Å². The van der Waals surface area contributed by atoms with Crippen LogP contribution in [0.2, 0.25) is 0 Å². The number of rotatable bonds is 0. The molecular weight excluding hydrogens is 669 g/mol. The second kappa shape index (κ2) is 10.2. The molecule has 236 valence electrons. The first-order valence-electron chi connectivity index (χ1n) is 17.6.